The summed E-state index contributed by atoms with van der Waals surface area (Å²) in [5.41, 5.74) is 8.46. The van der Waals surface area contributed by atoms with Crippen molar-refractivity contribution in [2.45, 2.75) is 20.3 Å². The normalized spacial score (nSPS) is 10.5. The number of nitrogen functional groups attached to an aromatic ring is 1. The van der Waals surface area contributed by atoms with Crippen LogP contribution >= 0.6 is 11.6 Å². The average Bonchev–Trinajstić information content (AvgIpc) is 2.46. The Morgan fingerprint density at radius 1 is 1.19 bits per heavy atom. The molecule has 0 atom stereocenters. The number of methoxy groups -OCH3 is 2. The monoisotopic (exact) mass is 307 g/mol. The lowest BCUT2D eigenvalue weighted by molar-refractivity contribution is 0.355. The Morgan fingerprint density at radius 3 is 2.43 bits per heavy atom. The number of aryl methyl sites for hydroxylation is 1. The van der Waals surface area contributed by atoms with Gasteiger partial charge in [-0.1, -0.05) is 18.5 Å². The maximum Gasteiger partial charge on any atom is 0.180 e. The number of anilines is 1. The lowest BCUT2D eigenvalue weighted by atomic mass is 10.1. The first-order chi connectivity index (χ1) is 10.0. The van der Waals surface area contributed by atoms with E-state index in [0.29, 0.717) is 33.7 Å². The highest BCUT2D eigenvalue weighted by Gasteiger charge is 2.17. The molecule has 2 rings (SSSR count). The van der Waals surface area contributed by atoms with Gasteiger partial charge >= 0.3 is 0 Å². The van der Waals surface area contributed by atoms with Gasteiger partial charge in [0.15, 0.2) is 17.3 Å². The van der Waals surface area contributed by atoms with Gasteiger partial charge in [0.2, 0.25) is 0 Å². The van der Waals surface area contributed by atoms with E-state index in [1.54, 1.807) is 19.2 Å². The number of rotatable bonds is 4. The summed E-state index contributed by atoms with van der Waals surface area (Å²) in [4.78, 5) is 8.85. The van der Waals surface area contributed by atoms with E-state index in [9.17, 15) is 0 Å². The fraction of sp³-hybridized carbons (Fsp3) is 0.333. The predicted octanol–water partition coefficient (Wildman–Crippen LogP) is 3.27. The van der Waals surface area contributed by atoms with Gasteiger partial charge in [0.1, 0.15) is 5.82 Å². The van der Waals surface area contributed by atoms with Crippen LogP contribution in [-0.2, 0) is 6.42 Å². The third kappa shape index (κ3) is 2.74. The molecule has 0 fully saturated rings. The second kappa shape index (κ2) is 6.18. The van der Waals surface area contributed by atoms with E-state index in [1.165, 1.54) is 7.11 Å². The van der Waals surface area contributed by atoms with Crippen molar-refractivity contribution in [3.63, 3.8) is 0 Å². The van der Waals surface area contributed by atoms with Crippen LogP contribution in [0.15, 0.2) is 12.1 Å². The van der Waals surface area contributed by atoms with Gasteiger partial charge in [-0.05, 0) is 25.5 Å². The van der Waals surface area contributed by atoms with Crippen LogP contribution in [0.4, 0.5) is 5.82 Å². The van der Waals surface area contributed by atoms with Gasteiger partial charge in [-0.2, -0.15) is 0 Å². The lowest BCUT2D eigenvalue weighted by Gasteiger charge is -2.13. The minimum absolute atomic E-state index is 0.403. The second-order valence-electron chi connectivity index (χ2n) is 4.51. The quantitative estimate of drug-likeness (QED) is 0.938. The highest BCUT2D eigenvalue weighted by atomic mass is 35.5. The first-order valence-electron chi connectivity index (χ1n) is 6.57. The first-order valence-corrected chi connectivity index (χ1v) is 6.95. The molecule has 0 amide bonds. The summed E-state index contributed by atoms with van der Waals surface area (Å²) >= 11 is 6.38. The highest BCUT2D eigenvalue weighted by Crippen LogP contribution is 2.41. The van der Waals surface area contributed by atoms with E-state index in [1.807, 2.05) is 13.8 Å². The molecule has 2 aromatic rings. The van der Waals surface area contributed by atoms with Crippen molar-refractivity contribution in [1.82, 2.24) is 9.97 Å². The summed E-state index contributed by atoms with van der Waals surface area (Å²) in [6.07, 6.45) is 0.789. The molecule has 6 heteroatoms. The van der Waals surface area contributed by atoms with Gasteiger partial charge in [0.25, 0.3) is 0 Å². The molecule has 21 heavy (non-hydrogen) atoms. The standard InChI is InChI=1S/C15H18ClN3O2/c1-5-9-8(2)18-15(19-14(9)17)10-6-7-11(20-3)13(21-4)12(10)16/h6-7H,5H2,1-4H3,(H2,17,18,19). The smallest absolute Gasteiger partial charge is 0.180 e. The highest BCUT2D eigenvalue weighted by molar-refractivity contribution is 6.35. The Bertz CT molecular complexity index is 651. The van der Waals surface area contributed by atoms with Crippen molar-refractivity contribution < 1.29 is 9.47 Å². The number of ether oxygens (including phenoxy) is 2. The summed E-state index contributed by atoms with van der Waals surface area (Å²) in [7, 11) is 3.09. The van der Waals surface area contributed by atoms with Crippen LogP contribution in [0.25, 0.3) is 11.4 Å². The molecule has 0 unspecified atom stereocenters. The second-order valence-corrected chi connectivity index (χ2v) is 4.89. The topological polar surface area (TPSA) is 70.3 Å². The lowest BCUT2D eigenvalue weighted by Crippen LogP contribution is -2.05. The molecule has 5 nitrogen and oxygen atoms in total. The van der Waals surface area contributed by atoms with Crippen molar-refractivity contribution in [1.29, 1.82) is 0 Å². The van der Waals surface area contributed by atoms with Crippen LogP contribution in [0, 0.1) is 6.92 Å². The zero-order valence-corrected chi connectivity index (χ0v) is 13.3. The Labute approximate surface area is 129 Å². The van der Waals surface area contributed by atoms with Gasteiger partial charge in [-0.15, -0.1) is 0 Å². The van der Waals surface area contributed by atoms with Crippen molar-refractivity contribution in [2.75, 3.05) is 20.0 Å². The average molecular weight is 308 g/mol. The molecule has 1 aromatic heterocycles. The summed E-state index contributed by atoms with van der Waals surface area (Å²) in [6.45, 7) is 3.93. The minimum Gasteiger partial charge on any atom is -0.493 e. The number of hydrogen-bond donors (Lipinski definition) is 1. The van der Waals surface area contributed by atoms with Crippen LogP contribution in [-0.4, -0.2) is 24.2 Å². The Balaban J connectivity index is 2.62. The third-order valence-electron chi connectivity index (χ3n) is 3.33. The van der Waals surface area contributed by atoms with Gasteiger partial charge in [0.05, 0.1) is 19.2 Å². The molecule has 0 spiro atoms. The van der Waals surface area contributed by atoms with E-state index in [4.69, 9.17) is 26.8 Å². The number of benzene rings is 1. The van der Waals surface area contributed by atoms with Gasteiger partial charge in [-0.3, -0.25) is 0 Å². The molecule has 1 aromatic carbocycles. The van der Waals surface area contributed by atoms with Crippen molar-refractivity contribution in [3.8, 4) is 22.9 Å². The Hall–Kier alpha value is -2.01. The van der Waals surface area contributed by atoms with Gasteiger partial charge in [-0.25, -0.2) is 9.97 Å². The zero-order valence-electron chi connectivity index (χ0n) is 12.5. The van der Waals surface area contributed by atoms with E-state index in [0.717, 1.165) is 17.7 Å². The molecule has 0 bridgehead atoms. The molecule has 0 aliphatic rings. The summed E-state index contributed by atoms with van der Waals surface area (Å²) in [6, 6.07) is 3.56. The largest absolute Gasteiger partial charge is 0.493 e. The minimum atomic E-state index is 0.403. The fourth-order valence-electron chi connectivity index (χ4n) is 2.24. The molecule has 2 N–H and O–H groups in total. The number of halogens is 1. The molecule has 0 saturated carbocycles. The van der Waals surface area contributed by atoms with Crippen molar-refractivity contribution >= 4 is 17.4 Å². The number of nitrogens with zero attached hydrogens (tertiary/aromatic N) is 2. The number of aromatic nitrogens is 2. The molecular weight excluding hydrogens is 290 g/mol. The van der Waals surface area contributed by atoms with Crippen LogP contribution in [0.1, 0.15) is 18.2 Å². The fourth-order valence-corrected chi connectivity index (χ4v) is 2.56. The molecule has 0 radical (unpaired) electrons. The molecule has 0 aliphatic carbocycles. The summed E-state index contributed by atoms with van der Waals surface area (Å²) in [5.74, 6) is 1.97. The molecule has 112 valence electrons. The van der Waals surface area contributed by atoms with E-state index in [2.05, 4.69) is 9.97 Å². The molecular formula is C15H18ClN3O2. The third-order valence-corrected chi connectivity index (χ3v) is 3.70. The number of nitrogens with two attached hydrogens (primary N) is 1. The summed E-state index contributed by atoms with van der Waals surface area (Å²) in [5, 5.41) is 0.403. The van der Waals surface area contributed by atoms with Crippen LogP contribution in [0.5, 0.6) is 11.5 Å². The maximum atomic E-state index is 6.38. The predicted molar refractivity (Wildman–Crippen MR) is 84.1 cm³/mol. The van der Waals surface area contributed by atoms with Gasteiger partial charge < -0.3 is 15.2 Å². The van der Waals surface area contributed by atoms with E-state index >= 15 is 0 Å². The van der Waals surface area contributed by atoms with Crippen LogP contribution < -0.4 is 15.2 Å². The molecule has 0 aliphatic heterocycles. The SMILES string of the molecule is CCc1c(C)nc(-c2ccc(OC)c(OC)c2Cl)nc1N. The summed E-state index contributed by atoms with van der Waals surface area (Å²) < 4.78 is 10.5. The number of hydrogen-bond acceptors (Lipinski definition) is 5. The van der Waals surface area contributed by atoms with Gasteiger partial charge in [0, 0.05) is 16.8 Å². The van der Waals surface area contributed by atoms with E-state index in [-0.39, 0.29) is 0 Å². The Kier molecular flexibility index (Phi) is 4.53. The molecule has 0 saturated heterocycles. The molecule has 1 heterocycles. The Morgan fingerprint density at radius 2 is 1.90 bits per heavy atom. The van der Waals surface area contributed by atoms with E-state index < -0.39 is 0 Å². The first kappa shape index (κ1) is 15.4. The van der Waals surface area contributed by atoms with Crippen LogP contribution in [0.3, 0.4) is 0 Å². The maximum absolute atomic E-state index is 6.38. The zero-order chi connectivity index (χ0) is 15.6. The van der Waals surface area contributed by atoms with Crippen LogP contribution in [0.2, 0.25) is 5.02 Å². The van der Waals surface area contributed by atoms with Crippen molar-refractivity contribution in [2.24, 2.45) is 0 Å². The van der Waals surface area contributed by atoms with Crippen molar-refractivity contribution in [3.05, 3.63) is 28.4 Å².